The van der Waals surface area contributed by atoms with Crippen LogP contribution in [0.5, 0.6) is 0 Å². The van der Waals surface area contributed by atoms with Crippen molar-refractivity contribution in [3.63, 3.8) is 0 Å². The molecule has 0 aromatic heterocycles. The van der Waals surface area contributed by atoms with Gasteiger partial charge in [0, 0.05) is 27.3 Å². The van der Waals surface area contributed by atoms with Gasteiger partial charge >= 0.3 is 12.0 Å². The fourth-order valence-electron chi connectivity index (χ4n) is 2.69. The largest absolute Gasteiger partial charge is 0.481 e. The molecule has 0 radical (unpaired) electrons. The number of urea groups is 1. The summed E-state index contributed by atoms with van der Waals surface area (Å²) in [6.07, 6.45) is 0.287. The summed E-state index contributed by atoms with van der Waals surface area (Å²) in [4.78, 5) is 26.5. The highest BCUT2D eigenvalue weighted by Crippen LogP contribution is 2.22. The van der Waals surface area contributed by atoms with Crippen LogP contribution in [-0.4, -0.2) is 79.5 Å². The van der Waals surface area contributed by atoms with Crippen LogP contribution < -0.4 is 0 Å². The number of nitrogens with zero attached hydrogens (tertiary/aromatic N) is 2. The fourth-order valence-corrected chi connectivity index (χ4v) is 2.69. The summed E-state index contributed by atoms with van der Waals surface area (Å²) in [6.45, 7) is 1.77. The molecule has 2 aliphatic heterocycles. The highest BCUT2D eigenvalue weighted by molar-refractivity contribution is 5.77. The van der Waals surface area contributed by atoms with Crippen molar-refractivity contribution in [3.8, 4) is 0 Å². The van der Waals surface area contributed by atoms with Gasteiger partial charge in [0.15, 0.2) is 0 Å². The second-order valence-electron chi connectivity index (χ2n) is 5.01. The van der Waals surface area contributed by atoms with Crippen LogP contribution in [0.2, 0.25) is 0 Å². The number of carboxylic acids is 1. The molecule has 19 heavy (non-hydrogen) atoms. The lowest BCUT2D eigenvalue weighted by Gasteiger charge is -2.23. The number of carbonyl (C=O) groups excluding carboxylic acids is 1. The van der Waals surface area contributed by atoms with Crippen LogP contribution in [0.3, 0.4) is 0 Å². The zero-order chi connectivity index (χ0) is 14.0. The van der Waals surface area contributed by atoms with E-state index >= 15 is 0 Å². The average molecular weight is 272 g/mol. The van der Waals surface area contributed by atoms with Crippen LogP contribution in [0.15, 0.2) is 0 Å². The summed E-state index contributed by atoms with van der Waals surface area (Å²) in [5.74, 6) is -1.27. The first-order valence-electron chi connectivity index (χ1n) is 6.39. The summed E-state index contributed by atoms with van der Waals surface area (Å²) < 4.78 is 10.6. The lowest BCUT2D eigenvalue weighted by Crippen LogP contribution is -2.41. The Balaban J connectivity index is 1.93. The highest BCUT2D eigenvalue weighted by atomic mass is 16.5. The van der Waals surface area contributed by atoms with Gasteiger partial charge in [-0.1, -0.05) is 0 Å². The Morgan fingerprint density at radius 1 is 1.05 bits per heavy atom. The maximum absolute atomic E-state index is 12.3. The van der Waals surface area contributed by atoms with Gasteiger partial charge in [-0.05, 0) is 6.42 Å². The third-order valence-electron chi connectivity index (χ3n) is 3.90. The molecule has 2 amide bonds. The van der Waals surface area contributed by atoms with Gasteiger partial charge in [0.2, 0.25) is 0 Å². The van der Waals surface area contributed by atoms with Gasteiger partial charge in [-0.2, -0.15) is 0 Å². The minimum absolute atomic E-state index is 0.119. The monoisotopic (exact) mass is 272 g/mol. The van der Waals surface area contributed by atoms with E-state index in [4.69, 9.17) is 14.6 Å². The van der Waals surface area contributed by atoms with Crippen LogP contribution in [0.1, 0.15) is 6.42 Å². The van der Waals surface area contributed by atoms with Crippen molar-refractivity contribution in [2.75, 3.05) is 40.4 Å². The van der Waals surface area contributed by atoms with Crippen molar-refractivity contribution in [2.24, 2.45) is 5.92 Å². The van der Waals surface area contributed by atoms with Crippen LogP contribution in [0.4, 0.5) is 4.79 Å². The molecule has 0 aromatic carbocycles. The first-order chi connectivity index (χ1) is 9.06. The molecule has 2 saturated heterocycles. The number of likely N-dealkylation sites (tertiary alicyclic amines) is 2. The molecule has 2 aliphatic rings. The molecule has 3 atom stereocenters. The Kier molecular flexibility index (Phi) is 4.26. The summed E-state index contributed by atoms with van der Waals surface area (Å²) >= 11 is 0. The number of ether oxygens (including phenoxy) is 2. The SMILES string of the molecule is COC1CN(C(=O)N2CCC(C(=O)O)C2)CC1OC. The summed E-state index contributed by atoms with van der Waals surface area (Å²) in [7, 11) is 3.20. The summed E-state index contributed by atoms with van der Waals surface area (Å²) in [5.41, 5.74) is 0. The Labute approximate surface area is 112 Å². The van der Waals surface area contributed by atoms with Crippen molar-refractivity contribution in [3.05, 3.63) is 0 Å². The third kappa shape index (κ3) is 2.82. The van der Waals surface area contributed by atoms with E-state index in [-0.39, 0.29) is 18.2 Å². The van der Waals surface area contributed by atoms with Crippen molar-refractivity contribution < 1.29 is 24.2 Å². The number of rotatable bonds is 3. The van der Waals surface area contributed by atoms with Gasteiger partial charge in [-0.15, -0.1) is 0 Å². The Hall–Kier alpha value is -1.34. The lowest BCUT2D eigenvalue weighted by atomic mass is 10.1. The topological polar surface area (TPSA) is 79.3 Å². The third-order valence-corrected chi connectivity index (χ3v) is 3.90. The fraction of sp³-hybridized carbons (Fsp3) is 0.833. The van der Waals surface area contributed by atoms with E-state index in [1.54, 1.807) is 24.0 Å². The van der Waals surface area contributed by atoms with Gasteiger partial charge in [0.25, 0.3) is 0 Å². The maximum atomic E-state index is 12.3. The number of aliphatic carboxylic acids is 1. The molecule has 7 heteroatoms. The highest BCUT2D eigenvalue weighted by Gasteiger charge is 2.39. The molecule has 2 heterocycles. The number of methoxy groups -OCH3 is 2. The molecule has 0 aromatic rings. The maximum Gasteiger partial charge on any atom is 0.320 e. The van der Waals surface area contributed by atoms with E-state index in [0.29, 0.717) is 32.6 Å². The number of carbonyl (C=O) groups is 2. The van der Waals surface area contributed by atoms with Gasteiger partial charge in [-0.3, -0.25) is 4.79 Å². The number of hydrogen-bond donors (Lipinski definition) is 1. The predicted octanol–water partition coefficient (Wildman–Crippen LogP) is -0.141. The minimum Gasteiger partial charge on any atom is -0.481 e. The van der Waals surface area contributed by atoms with Crippen molar-refractivity contribution in [1.82, 2.24) is 9.80 Å². The van der Waals surface area contributed by atoms with E-state index in [9.17, 15) is 9.59 Å². The standard InChI is InChI=1S/C12H20N2O5/c1-18-9-6-14(7-10(9)19-2)12(17)13-4-3-8(5-13)11(15)16/h8-10H,3-7H2,1-2H3,(H,15,16). The molecule has 0 bridgehead atoms. The van der Waals surface area contributed by atoms with E-state index in [0.717, 1.165) is 0 Å². The Bertz CT molecular complexity index is 350. The summed E-state index contributed by atoms with van der Waals surface area (Å²) in [5, 5.41) is 8.95. The quantitative estimate of drug-likeness (QED) is 0.773. The number of carboxylic acid groups (broad SMARTS) is 1. The number of hydrogen-bond acceptors (Lipinski definition) is 4. The van der Waals surface area contributed by atoms with E-state index in [1.807, 2.05) is 0 Å². The molecular weight excluding hydrogens is 252 g/mol. The van der Waals surface area contributed by atoms with Gasteiger partial charge in [-0.25, -0.2) is 4.79 Å². The molecular formula is C12H20N2O5. The molecule has 7 nitrogen and oxygen atoms in total. The van der Waals surface area contributed by atoms with Crippen LogP contribution in [-0.2, 0) is 14.3 Å². The zero-order valence-corrected chi connectivity index (χ0v) is 11.2. The summed E-state index contributed by atoms with van der Waals surface area (Å²) in [6, 6.07) is -0.120. The van der Waals surface area contributed by atoms with Crippen LogP contribution in [0, 0.1) is 5.92 Å². The molecule has 3 unspecified atom stereocenters. The van der Waals surface area contributed by atoms with Crippen LogP contribution in [0.25, 0.3) is 0 Å². The van der Waals surface area contributed by atoms with Gasteiger partial charge in [0.05, 0.1) is 19.0 Å². The average Bonchev–Trinajstić information content (AvgIpc) is 3.04. The van der Waals surface area contributed by atoms with Crippen LogP contribution >= 0.6 is 0 Å². The van der Waals surface area contributed by atoms with E-state index in [2.05, 4.69) is 0 Å². The van der Waals surface area contributed by atoms with E-state index < -0.39 is 11.9 Å². The van der Waals surface area contributed by atoms with Gasteiger partial charge in [0.1, 0.15) is 12.2 Å². The molecule has 2 rings (SSSR count). The van der Waals surface area contributed by atoms with Crippen molar-refractivity contribution in [2.45, 2.75) is 18.6 Å². The normalized spacial score (nSPS) is 30.9. The first kappa shape index (κ1) is 14.1. The van der Waals surface area contributed by atoms with Gasteiger partial charge < -0.3 is 24.4 Å². The number of amides is 2. The second kappa shape index (κ2) is 5.75. The molecule has 1 N–H and O–H groups in total. The zero-order valence-electron chi connectivity index (χ0n) is 11.2. The molecule has 2 fully saturated rings. The molecule has 0 aliphatic carbocycles. The molecule has 0 spiro atoms. The van der Waals surface area contributed by atoms with Crippen molar-refractivity contribution >= 4 is 12.0 Å². The molecule has 0 saturated carbocycles. The predicted molar refractivity (Wildman–Crippen MR) is 65.9 cm³/mol. The van der Waals surface area contributed by atoms with Crippen molar-refractivity contribution in [1.29, 1.82) is 0 Å². The molecule has 108 valence electrons. The smallest absolute Gasteiger partial charge is 0.320 e. The Morgan fingerprint density at radius 3 is 2.05 bits per heavy atom. The lowest BCUT2D eigenvalue weighted by molar-refractivity contribution is -0.141. The minimum atomic E-state index is -0.832. The Morgan fingerprint density at radius 2 is 1.63 bits per heavy atom. The first-order valence-corrected chi connectivity index (χ1v) is 6.39. The second-order valence-corrected chi connectivity index (χ2v) is 5.01. The van der Waals surface area contributed by atoms with E-state index in [1.165, 1.54) is 0 Å².